The number of hydrogen-bond donors (Lipinski definition) is 0. The number of esters is 1. The van der Waals surface area contributed by atoms with E-state index in [1.54, 1.807) is 39.5 Å². The van der Waals surface area contributed by atoms with Crippen LogP contribution in [-0.4, -0.2) is 34.4 Å². The van der Waals surface area contributed by atoms with Gasteiger partial charge in [0, 0.05) is 11.6 Å². The fourth-order valence-electron chi connectivity index (χ4n) is 2.79. The number of hydrogen-bond acceptors (Lipinski definition) is 6. The zero-order valence-electron chi connectivity index (χ0n) is 14.0. The first-order valence-electron chi connectivity index (χ1n) is 7.33. The van der Waals surface area contributed by atoms with Crippen LogP contribution in [0, 0.1) is 0 Å². The molecule has 0 aliphatic carbocycles. The third-order valence-electron chi connectivity index (χ3n) is 3.94. The highest BCUT2D eigenvalue weighted by Gasteiger charge is 2.25. The summed E-state index contributed by atoms with van der Waals surface area (Å²) in [7, 11) is 6.21. The van der Waals surface area contributed by atoms with Crippen molar-refractivity contribution in [3.8, 4) is 39.9 Å². The monoisotopic (exact) mass is 330 g/mol. The van der Waals surface area contributed by atoms with E-state index in [4.69, 9.17) is 23.7 Å². The third-order valence-corrected chi connectivity index (χ3v) is 3.94. The van der Waals surface area contributed by atoms with Crippen molar-refractivity contribution in [3.05, 3.63) is 29.8 Å². The summed E-state index contributed by atoms with van der Waals surface area (Å²) in [6, 6.07) is 7.07. The van der Waals surface area contributed by atoms with Crippen molar-refractivity contribution < 1.29 is 28.5 Å². The zero-order chi connectivity index (χ0) is 17.3. The molecule has 0 bridgehead atoms. The van der Waals surface area contributed by atoms with Crippen LogP contribution in [-0.2, 0) is 11.2 Å². The molecule has 0 amide bonds. The zero-order valence-corrected chi connectivity index (χ0v) is 14.0. The lowest BCUT2D eigenvalue weighted by molar-refractivity contribution is -0.133. The van der Waals surface area contributed by atoms with Crippen LogP contribution in [0.2, 0.25) is 0 Å². The summed E-state index contributed by atoms with van der Waals surface area (Å²) in [5, 5.41) is 0. The van der Waals surface area contributed by atoms with Crippen molar-refractivity contribution in [2.45, 2.75) is 6.42 Å². The molecule has 0 saturated carbocycles. The third kappa shape index (κ3) is 2.60. The Morgan fingerprint density at radius 1 is 0.750 bits per heavy atom. The molecule has 2 aromatic carbocycles. The lowest BCUT2D eigenvalue weighted by Crippen LogP contribution is -2.09. The van der Waals surface area contributed by atoms with Crippen LogP contribution in [0.4, 0.5) is 0 Å². The lowest BCUT2D eigenvalue weighted by atomic mass is 9.96. The van der Waals surface area contributed by atoms with Gasteiger partial charge in [0.15, 0.2) is 23.0 Å². The highest BCUT2D eigenvalue weighted by atomic mass is 16.5. The molecular weight excluding hydrogens is 312 g/mol. The van der Waals surface area contributed by atoms with E-state index in [1.807, 2.05) is 6.07 Å². The molecule has 2 aromatic rings. The molecule has 0 unspecified atom stereocenters. The predicted octanol–water partition coefficient (Wildman–Crippen LogP) is 2.85. The van der Waals surface area contributed by atoms with Crippen molar-refractivity contribution in [2.75, 3.05) is 28.4 Å². The van der Waals surface area contributed by atoms with E-state index in [1.165, 1.54) is 7.11 Å². The van der Waals surface area contributed by atoms with Crippen molar-refractivity contribution >= 4 is 5.97 Å². The summed E-state index contributed by atoms with van der Waals surface area (Å²) >= 11 is 0. The maximum atomic E-state index is 12.2. The van der Waals surface area contributed by atoms with Crippen molar-refractivity contribution in [2.24, 2.45) is 0 Å². The summed E-state index contributed by atoms with van der Waals surface area (Å²) in [5.74, 6) is 2.25. The number of rotatable bonds is 4. The molecule has 6 heteroatoms. The van der Waals surface area contributed by atoms with E-state index in [0.717, 1.165) is 16.7 Å². The average molecular weight is 330 g/mol. The Balaban J connectivity index is 2.29. The van der Waals surface area contributed by atoms with Gasteiger partial charge in [-0.2, -0.15) is 0 Å². The maximum absolute atomic E-state index is 12.2. The molecule has 0 spiro atoms. The Kier molecular flexibility index (Phi) is 4.20. The van der Waals surface area contributed by atoms with Gasteiger partial charge in [-0.05, 0) is 29.3 Å². The number of methoxy groups -OCH3 is 4. The molecule has 1 aliphatic rings. The minimum Gasteiger partial charge on any atom is -0.493 e. The molecule has 0 aromatic heterocycles. The van der Waals surface area contributed by atoms with Gasteiger partial charge in [0.05, 0.1) is 34.9 Å². The van der Waals surface area contributed by atoms with Crippen LogP contribution in [0.15, 0.2) is 24.3 Å². The van der Waals surface area contributed by atoms with Crippen LogP contribution in [0.5, 0.6) is 28.7 Å². The molecule has 24 heavy (non-hydrogen) atoms. The van der Waals surface area contributed by atoms with E-state index in [9.17, 15) is 4.79 Å². The molecule has 0 radical (unpaired) electrons. The van der Waals surface area contributed by atoms with Crippen molar-refractivity contribution in [1.82, 2.24) is 0 Å². The number of ether oxygens (including phenoxy) is 5. The fraction of sp³-hybridized carbons (Fsp3) is 0.278. The van der Waals surface area contributed by atoms with Crippen LogP contribution in [0.3, 0.4) is 0 Å². The van der Waals surface area contributed by atoms with Gasteiger partial charge in [0.2, 0.25) is 0 Å². The Morgan fingerprint density at radius 3 is 1.83 bits per heavy atom. The van der Waals surface area contributed by atoms with Gasteiger partial charge in [0.25, 0.3) is 0 Å². The molecule has 126 valence electrons. The van der Waals surface area contributed by atoms with Crippen LogP contribution in [0.25, 0.3) is 11.1 Å². The second kappa shape index (κ2) is 6.31. The normalized spacial score (nSPS) is 12.4. The van der Waals surface area contributed by atoms with E-state index in [-0.39, 0.29) is 12.4 Å². The summed E-state index contributed by atoms with van der Waals surface area (Å²) in [6.07, 6.45) is 0.134. The Bertz CT molecular complexity index is 731. The second-order valence-electron chi connectivity index (χ2n) is 5.22. The van der Waals surface area contributed by atoms with Gasteiger partial charge >= 0.3 is 5.97 Å². The summed E-state index contributed by atoms with van der Waals surface area (Å²) in [6.45, 7) is 0. The standard InChI is InChI=1S/C18H18O6/c1-20-14-5-10-6-18(19)24-13-9-17(23-4)16(22-3)8-12(13)11(10)7-15(14)21-2/h5,7-9H,6H2,1-4H3. The van der Waals surface area contributed by atoms with Crippen molar-refractivity contribution in [3.63, 3.8) is 0 Å². The van der Waals surface area contributed by atoms with Crippen LogP contribution in [0.1, 0.15) is 5.56 Å². The highest BCUT2D eigenvalue weighted by Crippen LogP contribution is 2.45. The molecule has 0 N–H and O–H groups in total. The Labute approximate surface area is 139 Å². The average Bonchev–Trinajstić information content (AvgIpc) is 2.73. The van der Waals surface area contributed by atoms with E-state index >= 15 is 0 Å². The Hall–Kier alpha value is -2.89. The van der Waals surface area contributed by atoms with Gasteiger partial charge in [-0.1, -0.05) is 0 Å². The quantitative estimate of drug-likeness (QED) is 0.634. The minimum absolute atomic E-state index is 0.134. The molecular formula is C18H18O6. The predicted molar refractivity (Wildman–Crippen MR) is 87.4 cm³/mol. The smallest absolute Gasteiger partial charge is 0.315 e. The fourth-order valence-corrected chi connectivity index (χ4v) is 2.79. The van der Waals surface area contributed by atoms with E-state index in [2.05, 4.69) is 0 Å². The maximum Gasteiger partial charge on any atom is 0.315 e. The minimum atomic E-state index is -0.352. The van der Waals surface area contributed by atoms with Gasteiger partial charge < -0.3 is 23.7 Å². The molecule has 0 atom stereocenters. The topological polar surface area (TPSA) is 63.2 Å². The summed E-state index contributed by atoms with van der Waals surface area (Å²) < 4.78 is 26.8. The molecule has 0 fully saturated rings. The largest absolute Gasteiger partial charge is 0.493 e. The first kappa shape index (κ1) is 16.0. The van der Waals surface area contributed by atoms with Gasteiger partial charge in [-0.15, -0.1) is 0 Å². The molecule has 1 aliphatic heterocycles. The van der Waals surface area contributed by atoms with Gasteiger partial charge in [-0.3, -0.25) is 4.79 Å². The lowest BCUT2D eigenvalue weighted by Gasteiger charge is -2.15. The van der Waals surface area contributed by atoms with Crippen LogP contribution < -0.4 is 23.7 Å². The SMILES string of the molecule is COc1cc2c(cc1OC)-c1cc(OC)c(OC)cc1OC(=O)C2. The Morgan fingerprint density at radius 2 is 1.25 bits per heavy atom. The molecule has 0 saturated heterocycles. The van der Waals surface area contributed by atoms with Crippen LogP contribution >= 0.6 is 0 Å². The first-order chi connectivity index (χ1) is 11.6. The van der Waals surface area contributed by atoms with Gasteiger partial charge in [0.1, 0.15) is 5.75 Å². The first-order valence-corrected chi connectivity index (χ1v) is 7.33. The summed E-state index contributed by atoms with van der Waals surface area (Å²) in [4.78, 5) is 12.2. The highest BCUT2D eigenvalue weighted by molar-refractivity contribution is 5.88. The van der Waals surface area contributed by atoms with E-state index in [0.29, 0.717) is 28.7 Å². The number of benzene rings is 2. The molecule has 6 nitrogen and oxygen atoms in total. The number of carbonyl (C=O) groups is 1. The number of carbonyl (C=O) groups excluding carboxylic acids is 1. The van der Waals surface area contributed by atoms with E-state index < -0.39 is 0 Å². The van der Waals surface area contributed by atoms with Crippen molar-refractivity contribution in [1.29, 1.82) is 0 Å². The van der Waals surface area contributed by atoms with Gasteiger partial charge in [-0.25, -0.2) is 0 Å². The number of fused-ring (bicyclic) bond motifs is 3. The summed E-state index contributed by atoms with van der Waals surface area (Å²) in [5.41, 5.74) is 2.35. The second-order valence-corrected chi connectivity index (χ2v) is 5.22. The molecule has 1 heterocycles. The molecule has 3 rings (SSSR count).